The molecule has 33 heavy (non-hydrogen) atoms. The van der Waals surface area contributed by atoms with Crippen LogP contribution in [0, 0.1) is 13.8 Å². The van der Waals surface area contributed by atoms with E-state index < -0.39 is 34.8 Å². The first kappa shape index (κ1) is 23.5. The van der Waals surface area contributed by atoms with Gasteiger partial charge in [-0.05, 0) is 61.4 Å². The van der Waals surface area contributed by atoms with Crippen LogP contribution in [0.5, 0.6) is 5.75 Å². The van der Waals surface area contributed by atoms with Gasteiger partial charge >= 0.3 is 12.1 Å². The molecule has 11 heteroatoms. The molecule has 0 radical (unpaired) electrons. The first-order valence-corrected chi connectivity index (χ1v) is 9.57. The molecule has 172 valence electrons. The number of hydrogen-bond donors (Lipinski definition) is 1. The van der Waals surface area contributed by atoms with Crippen LogP contribution in [0.2, 0.25) is 0 Å². The molecular formula is C22H19F3N4O4. The predicted octanol–water partition coefficient (Wildman–Crippen LogP) is 3.26. The summed E-state index contributed by atoms with van der Waals surface area (Å²) in [7, 11) is 1.24. The lowest BCUT2D eigenvalue weighted by Crippen LogP contribution is -2.42. The zero-order valence-corrected chi connectivity index (χ0v) is 17.8. The Morgan fingerprint density at radius 1 is 1.06 bits per heavy atom. The van der Waals surface area contributed by atoms with Gasteiger partial charge in [-0.3, -0.25) is 14.2 Å². The average Bonchev–Trinajstić information content (AvgIpc) is 2.71. The van der Waals surface area contributed by atoms with Gasteiger partial charge in [0.1, 0.15) is 5.75 Å². The van der Waals surface area contributed by atoms with Crippen molar-refractivity contribution in [3.63, 3.8) is 0 Å². The van der Waals surface area contributed by atoms with Crippen LogP contribution >= 0.6 is 0 Å². The highest BCUT2D eigenvalue weighted by Gasteiger charge is 2.30. The Morgan fingerprint density at radius 3 is 2.24 bits per heavy atom. The molecule has 0 atom stereocenters. The van der Waals surface area contributed by atoms with Gasteiger partial charge in [0, 0.05) is 25.0 Å². The molecule has 3 aromatic rings. The average molecular weight is 460 g/mol. The summed E-state index contributed by atoms with van der Waals surface area (Å²) >= 11 is 0. The Kier molecular flexibility index (Phi) is 6.52. The molecule has 1 heterocycles. The largest absolute Gasteiger partial charge is 0.573 e. The normalized spacial score (nSPS) is 11.6. The monoisotopic (exact) mass is 460 g/mol. The minimum Gasteiger partial charge on any atom is -0.406 e. The zero-order chi connectivity index (χ0) is 24.3. The van der Waals surface area contributed by atoms with E-state index in [2.05, 4.69) is 15.2 Å². The maximum absolute atomic E-state index is 12.6. The molecule has 0 unspecified atom stereocenters. The van der Waals surface area contributed by atoms with E-state index in [-0.39, 0.29) is 0 Å². The van der Waals surface area contributed by atoms with Gasteiger partial charge < -0.3 is 10.1 Å². The Hall–Kier alpha value is -4.15. The molecule has 1 N–H and O–H groups in total. The van der Waals surface area contributed by atoms with Crippen molar-refractivity contribution < 1.29 is 22.7 Å². The van der Waals surface area contributed by atoms with E-state index in [0.29, 0.717) is 11.4 Å². The van der Waals surface area contributed by atoms with Gasteiger partial charge in [-0.15, -0.1) is 13.2 Å². The van der Waals surface area contributed by atoms with E-state index >= 15 is 0 Å². The number of carbonyl (C=O) groups excluding carboxylic acids is 1. The van der Waals surface area contributed by atoms with E-state index in [1.807, 2.05) is 19.9 Å². The first-order chi connectivity index (χ1) is 15.4. The maximum atomic E-state index is 12.6. The van der Waals surface area contributed by atoms with Gasteiger partial charge in [0.05, 0.1) is 5.69 Å². The molecule has 0 fully saturated rings. The summed E-state index contributed by atoms with van der Waals surface area (Å²) in [5.74, 6) is -1.16. The summed E-state index contributed by atoms with van der Waals surface area (Å²) in [5, 5.41) is 6.67. The van der Waals surface area contributed by atoms with Gasteiger partial charge in [-0.25, -0.2) is 4.79 Å². The summed E-state index contributed by atoms with van der Waals surface area (Å²) in [5.41, 5.74) is 0.490. The van der Waals surface area contributed by atoms with Crippen molar-refractivity contribution in [1.82, 2.24) is 14.3 Å². The molecule has 2 aromatic carbocycles. The summed E-state index contributed by atoms with van der Waals surface area (Å²) < 4.78 is 42.2. The van der Waals surface area contributed by atoms with Crippen molar-refractivity contribution in [3.05, 3.63) is 92.4 Å². The number of nitrogens with one attached hydrogen (secondary N) is 1. The SMILES string of the molecule is Cc1cc(C)cc(-n2nc(C(=O)/C=C\Nc3ccc(OC(F)(F)F)cc3)c(=O)n(C)c2=O)c1. The fourth-order valence-electron chi connectivity index (χ4n) is 3.01. The Labute approximate surface area is 185 Å². The Bertz CT molecular complexity index is 1320. The van der Waals surface area contributed by atoms with Gasteiger partial charge in [-0.2, -0.15) is 9.78 Å². The lowest BCUT2D eigenvalue weighted by atomic mass is 10.1. The molecule has 1 aromatic heterocycles. The number of nitrogens with zero attached hydrogens (tertiary/aromatic N) is 3. The summed E-state index contributed by atoms with van der Waals surface area (Å²) in [6.07, 6.45) is -2.57. The third kappa shape index (κ3) is 5.76. The van der Waals surface area contributed by atoms with E-state index in [9.17, 15) is 27.6 Å². The number of aromatic nitrogens is 3. The third-order valence-electron chi connectivity index (χ3n) is 4.43. The van der Waals surface area contributed by atoms with E-state index in [0.717, 1.165) is 38.6 Å². The maximum Gasteiger partial charge on any atom is 0.573 e. The van der Waals surface area contributed by atoms with Gasteiger partial charge in [0.2, 0.25) is 5.78 Å². The van der Waals surface area contributed by atoms with Gasteiger partial charge in [-0.1, -0.05) is 6.07 Å². The highest BCUT2D eigenvalue weighted by Crippen LogP contribution is 2.23. The van der Waals surface area contributed by atoms with Gasteiger partial charge in [0.15, 0.2) is 5.69 Å². The van der Waals surface area contributed by atoms with Crippen LogP contribution in [-0.4, -0.2) is 26.5 Å². The van der Waals surface area contributed by atoms with Crippen LogP contribution in [0.1, 0.15) is 21.6 Å². The first-order valence-electron chi connectivity index (χ1n) is 9.57. The smallest absolute Gasteiger partial charge is 0.406 e. The molecule has 0 saturated carbocycles. The zero-order valence-electron chi connectivity index (χ0n) is 17.8. The second-order valence-electron chi connectivity index (χ2n) is 7.17. The predicted molar refractivity (Wildman–Crippen MR) is 115 cm³/mol. The number of ketones is 1. The molecule has 0 spiro atoms. The minimum absolute atomic E-state index is 0.370. The van der Waals surface area contributed by atoms with Crippen LogP contribution in [-0.2, 0) is 7.05 Å². The summed E-state index contributed by atoms with van der Waals surface area (Å²) in [6.45, 7) is 3.68. The van der Waals surface area contributed by atoms with E-state index in [1.54, 1.807) is 12.1 Å². The Balaban J connectivity index is 1.84. The number of benzene rings is 2. The van der Waals surface area contributed by atoms with Gasteiger partial charge in [0.25, 0.3) is 5.56 Å². The van der Waals surface area contributed by atoms with Crippen molar-refractivity contribution >= 4 is 11.5 Å². The number of ether oxygens (including phenoxy) is 1. The highest BCUT2D eigenvalue weighted by molar-refractivity contribution is 6.02. The van der Waals surface area contributed by atoms with Crippen LogP contribution in [0.4, 0.5) is 18.9 Å². The minimum atomic E-state index is -4.80. The van der Waals surface area contributed by atoms with E-state index in [4.69, 9.17) is 0 Å². The summed E-state index contributed by atoms with van der Waals surface area (Å²) in [4.78, 5) is 37.6. The van der Waals surface area contributed by atoms with Crippen LogP contribution in [0.25, 0.3) is 5.69 Å². The number of allylic oxidation sites excluding steroid dienone is 1. The van der Waals surface area contributed by atoms with Crippen molar-refractivity contribution in [1.29, 1.82) is 0 Å². The van der Waals surface area contributed by atoms with Crippen molar-refractivity contribution in [3.8, 4) is 11.4 Å². The number of rotatable bonds is 6. The Morgan fingerprint density at radius 2 is 1.67 bits per heavy atom. The number of carbonyl (C=O) groups is 1. The van der Waals surface area contributed by atoms with Crippen molar-refractivity contribution in [2.45, 2.75) is 20.2 Å². The fraction of sp³-hybridized carbons (Fsp3) is 0.182. The number of alkyl halides is 3. The number of halogens is 3. The molecule has 0 aliphatic rings. The molecule has 3 rings (SSSR count). The molecule has 8 nitrogen and oxygen atoms in total. The molecule has 0 saturated heterocycles. The number of anilines is 1. The quantitative estimate of drug-likeness (QED) is 0.448. The number of aryl methyl sites for hydroxylation is 2. The van der Waals surface area contributed by atoms with E-state index in [1.165, 1.54) is 25.4 Å². The lowest BCUT2D eigenvalue weighted by Gasteiger charge is -2.10. The van der Waals surface area contributed by atoms with Crippen molar-refractivity contribution in [2.75, 3.05) is 5.32 Å². The topological polar surface area (TPSA) is 95.2 Å². The highest BCUT2D eigenvalue weighted by atomic mass is 19.4. The molecule has 0 aliphatic heterocycles. The molecular weight excluding hydrogens is 441 g/mol. The number of hydrogen-bond acceptors (Lipinski definition) is 6. The second kappa shape index (κ2) is 9.15. The van der Waals surface area contributed by atoms with Crippen molar-refractivity contribution in [2.24, 2.45) is 7.05 Å². The van der Waals surface area contributed by atoms with Crippen LogP contribution < -0.4 is 21.3 Å². The van der Waals surface area contributed by atoms with Crippen LogP contribution in [0.15, 0.2) is 64.3 Å². The second-order valence-corrected chi connectivity index (χ2v) is 7.17. The fourth-order valence-corrected chi connectivity index (χ4v) is 3.01. The molecule has 0 aliphatic carbocycles. The molecule has 0 bridgehead atoms. The standard InChI is InChI=1S/C22H19F3N4O4/c1-13-10-14(2)12-16(11-13)29-21(32)28(3)20(31)19(27-29)18(30)8-9-26-15-4-6-17(7-5-15)33-22(23,24)25/h4-12,26H,1-3H3/b9-8-. The lowest BCUT2D eigenvalue weighted by molar-refractivity contribution is -0.274. The molecule has 0 amide bonds. The van der Waals surface area contributed by atoms with Crippen LogP contribution in [0.3, 0.4) is 0 Å². The summed E-state index contributed by atoms with van der Waals surface area (Å²) in [6, 6.07) is 10.1. The third-order valence-corrected chi connectivity index (χ3v) is 4.43.